The number of rotatable bonds is 4. The molecular weight excluding hydrogens is 288 g/mol. The first-order valence-corrected chi connectivity index (χ1v) is 8.14. The summed E-state index contributed by atoms with van der Waals surface area (Å²) in [4.78, 5) is 3.84. The van der Waals surface area contributed by atoms with Crippen molar-refractivity contribution >= 4 is 21.6 Å². The van der Waals surface area contributed by atoms with E-state index in [2.05, 4.69) is 9.71 Å². The lowest BCUT2D eigenvalue weighted by Crippen LogP contribution is -2.36. The maximum Gasteiger partial charge on any atom is 0.240 e. The van der Waals surface area contributed by atoms with Gasteiger partial charge in [-0.05, 0) is 30.9 Å². The Kier molecular flexibility index (Phi) is 4.78. The van der Waals surface area contributed by atoms with Gasteiger partial charge in [0.25, 0.3) is 0 Å². The highest BCUT2D eigenvalue weighted by Gasteiger charge is 2.25. The summed E-state index contributed by atoms with van der Waals surface area (Å²) in [6.45, 7) is 0.253. The number of hydrogen-bond donors (Lipinski definition) is 2. The van der Waals surface area contributed by atoms with Crippen LogP contribution >= 0.6 is 11.6 Å². The average molecular weight is 305 g/mol. The second-order valence-corrected chi connectivity index (χ2v) is 6.93. The fourth-order valence-corrected chi connectivity index (χ4v) is 3.62. The highest BCUT2D eigenvalue weighted by atomic mass is 35.5. The van der Waals surface area contributed by atoms with E-state index in [0.717, 1.165) is 25.7 Å². The molecule has 2 atom stereocenters. The largest absolute Gasteiger partial charge is 0.393 e. The number of aliphatic hydroxyl groups is 1. The van der Waals surface area contributed by atoms with Gasteiger partial charge in [0, 0.05) is 12.7 Å². The summed E-state index contributed by atoms with van der Waals surface area (Å²) in [7, 11) is -3.59. The van der Waals surface area contributed by atoms with Crippen molar-refractivity contribution in [1.29, 1.82) is 0 Å². The second kappa shape index (κ2) is 6.17. The first-order valence-electron chi connectivity index (χ1n) is 6.28. The van der Waals surface area contributed by atoms with Crippen molar-refractivity contribution in [1.82, 2.24) is 9.71 Å². The lowest BCUT2D eigenvalue weighted by atomic mass is 9.87. The average Bonchev–Trinajstić information content (AvgIpc) is 2.38. The van der Waals surface area contributed by atoms with Gasteiger partial charge in [-0.1, -0.05) is 24.4 Å². The molecule has 1 saturated carbocycles. The predicted molar refractivity (Wildman–Crippen MR) is 72.4 cm³/mol. The van der Waals surface area contributed by atoms with Crippen LogP contribution in [0, 0.1) is 5.92 Å². The van der Waals surface area contributed by atoms with Crippen molar-refractivity contribution in [3.63, 3.8) is 0 Å². The monoisotopic (exact) mass is 304 g/mol. The summed E-state index contributed by atoms with van der Waals surface area (Å²) in [5.41, 5.74) is 0. The van der Waals surface area contributed by atoms with Crippen LogP contribution in [0.25, 0.3) is 0 Å². The van der Waals surface area contributed by atoms with Crippen molar-refractivity contribution in [3.8, 4) is 0 Å². The molecule has 2 unspecified atom stereocenters. The van der Waals surface area contributed by atoms with Gasteiger partial charge in [0.1, 0.15) is 5.15 Å². The zero-order valence-corrected chi connectivity index (χ0v) is 12.0. The Morgan fingerprint density at radius 1 is 1.42 bits per heavy atom. The minimum atomic E-state index is -3.59. The van der Waals surface area contributed by atoms with Crippen LogP contribution in [0.3, 0.4) is 0 Å². The zero-order valence-electron chi connectivity index (χ0n) is 10.4. The number of aromatic nitrogens is 1. The maximum atomic E-state index is 12.1. The highest BCUT2D eigenvalue weighted by molar-refractivity contribution is 7.89. The molecule has 0 aliphatic heterocycles. The molecule has 0 saturated heterocycles. The molecule has 0 amide bonds. The van der Waals surface area contributed by atoms with Gasteiger partial charge in [-0.2, -0.15) is 0 Å². The lowest BCUT2D eigenvalue weighted by Gasteiger charge is -2.27. The number of nitrogens with one attached hydrogen (secondary N) is 1. The summed E-state index contributed by atoms with van der Waals surface area (Å²) < 4.78 is 26.6. The molecule has 0 spiro atoms. The Morgan fingerprint density at radius 2 is 2.16 bits per heavy atom. The molecule has 106 valence electrons. The van der Waals surface area contributed by atoms with E-state index in [4.69, 9.17) is 11.6 Å². The molecule has 1 fully saturated rings. The smallest absolute Gasteiger partial charge is 0.240 e. The molecule has 2 rings (SSSR count). The number of nitrogens with zero attached hydrogens (tertiary/aromatic N) is 1. The Balaban J connectivity index is 2.01. The van der Waals surface area contributed by atoms with E-state index in [1.165, 1.54) is 18.3 Å². The molecule has 1 aliphatic carbocycles. The van der Waals surface area contributed by atoms with Crippen molar-refractivity contribution in [2.45, 2.75) is 36.7 Å². The van der Waals surface area contributed by atoms with E-state index < -0.39 is 16.1 Å². The van der Waals surface area contributed by atoms with Gasteiger partial charge in [0.05, 0.1) is 11.0 Å². The summed E-state index contributed by atoms with van der Waals surface area (Å²) in [5.74, 6) is -0.0131. The minimum absolute atomic E-state index is 0.0131. The Labute approximate surface area is 118 Å². The first kappa shape index (κ1) is 14.7. The third kappa shape index (κ3) is 3.89. The normalized spacial score (nSPS) is 24.3. The van der Waals surface area contributed by atoms with Gasteiger partial charge in [0.15, 0.2) is 0 Å². The molecule has 0 radical (unpaired) electrons. The Bertz CT molecular complexity index is 536. The Morgan fingerprint density at radius 3 is 2.84 bits per heavy atom. The molecule has 1 heterocycles. The van der Waals surface area contributed by atoms with Crippen LogP contribution in [0.2, 0.25) is 5.15 Å². The molecule has 1 aromatic heterocycles. The van der Waals surface area contributed by atoms with Crippen molar-refractivity contribution in [2.75, 3.05) is 6.54 Å². The molecule has 0 aromatic carbocycles. The maximum absolute atomic E-state index is 12.1. The van der Waals surface area contributed by atoms with Gasteiger partial charge >= 0.3 is 0 Å². The third-order valence-electron chi connectivity index (χ3n) is 3.41. The van der Waals surface area contributed by atoms with E-state index in [1.54, 1.807) is 0 Å². The lowest BCUT2D eigenvalue weighted by molar-refractivity contribution is 0.0724. The van der Waals surface area contributed by atoms with Crippen molar-refractivity contribution in [2.24, 2.45) is 5.92 Å². The molecule has 7 heteroatoms. The number of hydrogen-bond acceptors (Lipinski definition) is 4. The van der Waals surface area contributed by atoms with Crippen LogP contribution in [-0.2, 0) is 10.0 Å². The summed E-state index contributed by atoms with van der Waals surface area (Å²) >= 11 is 5.68. The number of aliphatic hydroxyl groups excluding tert-OH is 1. The van der Waals surface area contributed by atoms with Gasteiger partial charge in [0.2, 0.25) is 10.0 Å². The fourth-order valence-electron chi connectivity index (χ4n) is 2.28. The minimum Gasteiger partial charge on any atom is -0.393 e. The third-order valence-corrected chi connectivity index (χ3v) is 5.04. The molecule has 1 aliphatic rings. The second-order valence-electron chi connectivity index (χ2n) is 4.78. The summed E-state index contributed by atoms with van der Waals surface area (Å²) in [5, 5.41) is 9.95. The van der Waals surface area contributed by atoms with E-state index >= 15 is 0 Å². The van der Waals surface area contributed by atoms with E-state index in [-0.39, 0.29) is 22.5 Å². The van der Waals surface area contributed by atoms with Crippen LogP contribution in [0.15, 0.2) is 23.2 Å². The van der Waals surface area contributed by atoms with Crippen LogP contribution in [0.4, 0.5) is 0 Å². The topological polar surface area (TPSA) is 79.3 Å². The molecule has 5 nitrogen and oxygen atoms in total. The molecule has 2 N–H and O–H groups in total. The first-order chi connectivity index (χ1) is 8.99. The van der Waals surface area contributed by atoms with E-state index in [1.807, 2.05) is 0 Å². The number of sulfonamides is 1. The van der Waals surface area contributed by atoms with Crippen LogP contribution in [0.5, 0.6) is 0 Å². The highest BCUT2D eigenvalue weighted by Crippen LogP contribution is 2.24. The van der Waals surface area contributed by atoms with Crippen LogP contribution in [0.1, 0.15) is 25.7 Å². The van der Waals surface area contributed by atoms with E-state index in [9.17, 15) is 13.5 Å². The SMILES string of the molecule is O=S(=O)(NCC1CCCCC1O)c1ccnc(Cl)c1. The summed E-state index contributed by atoms with van der Waals surface area (Å²) in [6.07, 6.45) is 4.56. The number of halogens is 1. The number of pyridine rings is 1. The molecule has 0 bridgehead atoms. The predicted octanol–water partition coefficient (Wildman–Crippen LogP) is 1.56. The van der Waals surface area contributed by atoms with Crippen LogP contribution < -0.4 is 4.72 Å². The van der Waals surface area contributed by atoms with Gasteiger partial charge in [-0.15, -0.1) is 0 Å². The van der Waals surface area contributed by atoms with Gasteiger partial charge in [-0.3, -0.25) is 0 Å². The summed E-state index contributed by atoms with van der Waals surface area (Å²) in [6, 6.07) is 2.70. The van der Waals surface area contributed by atoms with Crippen molar-refractivity contribution in [3.05, 3.63) is 23.5 Å². The quantitative estimate of drug-likeness (QED) is 0.828. The van der Waals surface area contributed by atoms with Gasteiger partial charge < -0.3 is 5.11 Å². The fraction of sp³-hybridized carbons (Fsp3) is 0.583. The van der Waals surface area contributed by atoms with Crippen molar-refractivity contribution < 1.29 is 13.5 Å². The molecule has 1 aromatic rings. The standard InChI is InChI=1S/C12H17ClN2O3S/c13-12-7-10(5-6-14-12)19(17,18)15-8-9-3-1-2-4-11(9)16/h5-7,9,11,15-16H,1-4,8H2. The molecular formula is C12H17ClN2O3S. The molecule has 19 heavy (non-hydrogen) atoms. The van der Waals surface area contributed by atoms with Crippen LogP contribution in [-0.4, -0.2) is 31.2 Å². The van der Waals surface area contributed by atoms with E-state index in [0.29, 0.717) is 0 Å². The van der Waals surface area contributed by atoms with Gasteiger partial charge in [-0.25, -0.2) is 18.1 Å². The zero-order chi connectivity index (χ0) is 13.9. The Hall–Kier alpha value is -0.690.